The second kappa shape index (κ2) is 11.3. The number of phenolic OH excluding ortho intramolecular Hbond substituents is 1. The van der Waals surface area contributed by atoms with Gasteiger partial charge >= 0.3 is 0 Å². The molecule has 0 unspecified atom stereocenters. The number of para-hydroxylation sites is 1. The first kappa shape index (κ1) is 26.5. The molecule has 2 N–H and O–H groups in total. The van der Waals surface area contributed by atoms with Crippen LogP contribution in [0.3, 0.4) is 0 Å². The molecule has 1 fully saturated rings. The predicted molar refractivity (Wildman–Crippen MR) is 155 cm³/mol. The molecule has 5 rings (SSSR count). The van der Waals surface area contributed by atoms with E-state index in [1.807, 2.05) is 30.3 Å². The van der Waals surface area contributed by atoms with Gasteiger partial charge in [-0.1, -0.05) is 29.8 Å². The second-order valence-corrected chi connectivity index (χ2v) is 10.2. The molecular formula is C28H21ClN4O4S2. The Hall–Kier alpha value is -4.12. The number of halogens is 1. The van der Waals surface area contributed by atoms with Crippen LogP contribution in [-0.2, 0) is 22.4 Å². The van der Waals surface area contributed by atoms with Gasteiger partial charge in [0.15, 0.2) is 5.11 Å². The number of phenols is 1. The number of carbonyl (C=O) groups excluding carboxylic acids is 2. The molecule has 0 aliphatic carbocycles. The Kier molecular flexibility index (Phi) is 7.69. The van der Waals surface area contributed by atoms with Crippen molar-refractivity contribution in [3.8, 4) is 17.2 Å². The molecule has 4 aromatic rings. The standard InChI is InChI=1S/C28H21ClN4O4S2/c1-32-25(29)22(24(31-32)16-39-21-13-9-18(34)10-14-21)15-23-26(35)30-28(38)33(27(23)36)17-7-11-20(12-8-17)37-19-5-3-2-4-6-19/h2-15,34H,16H2,1H3,(H,30,35,38)/b23-15+. The topological polar surface area (TPSA) is 96.7 Å². The highest BCUT2D eigenvalue weighted by molar-refractivity contribution is 7.98. The van der Waals surface area contributed by atoms with Crippen LogP contribution >= 0.6 is 35.6 Å². The lowest BCUT2D eigenvalue weighted by molar-refractivity contribution is -0.122. The average Bonchev–Trinajstić information content (AvgIpc) is 3.19. The van der Waals surface area contributed by atoms with E-state index < -0.39 is 11.8 Å². The molecule has 39 heavy (non-hydrogen) atoms. The molecule has 196 valence electrons. The van der Waals surface area contributed by atoms with Crippen molar-refractivity contribution in [1.82, 2.24) is 15.1 Å². The fraction of sp³-hybridized carbons (Fsp3) is 0.0714. The highest BCUT2D eigenvalue weighted by atomic mass is 35.5. The van der Waals surface area contributed by atoms with Crippen LogP contribution in [0.5, 0.6) is 17.2 Å². The number of nitrogens with zero attached hydrogens (tertiary/aromatic N) is 3. The molecule has 1 aliphatic heterocycles. The summed E-state index contributed by atoms with van der Waals surface area (Å²) in [6.45, 7) is 0. The molecule has 1 saturated heterocycles. The minimum atomic E-state index is -0.623. The van der Waals surface area contributed by atoms with Crippen molar-refractivity contribution in [3.05, 3.63) is 101 Å². The lowest BCUT2D eigenvalue weighted by Gasteiger charge is -2.29. The number of aromatic hydroxyl groups is 1. The summed E-state index contributed by atoms with van der Waals surface area (Å²) in [5, 5.41) is 16.8. The second-order valence-electron chi connectivity index (χ2n) is 8.42. The van der Waals surface area contributed by atoms with Crippen LogP contribution < -0.4 is 15.0 Å². The summed E-state index contributed by atoms with van der Waals surface area (Å²) >= 11 is 13.3. The number of rotatable bonds is 7. The summed E-state index contributed by atoms with van der Waals surface area (Å²) in [6, 6.07) is 22.9. The summed E-state index contributed by atoms with van der Waals surface area (Å²) in [7, 11) is 1.68. The van der Waals surface area contributed by atoms with Gasteiger partial charge in [-0.2, -0.15) is 5.10 Å². The predicted octanol–water partition coefficient (Wildman–Crippen LogP) is 5.70. The van der Waals surface area contributed by atoms with E-state index in [0.717, 1.165) is 4.90 Å². The van der Waals surface area contributed by atoms with Crippen LogP contribution in [0.4, 0.5) is 5.69 Å². The van der Waals surface area contributed by atoms with Gasteiger partial charge in [0.05, 0.1) is 11.4 Å². The Labute approximate surface area is 238 Å². The molecule has 0 spiro atoms. The van der Waals surface area contributed by atoms with Gasteiger partial charge < -0.3 is 9.84 Å². The van der Waals surface area contributed by atoms with Crippen molar-refractivity contribution in [3.63, 3.8) is 0 Å². The van der Waals surface area contributed by atoms with E-state index in [2.05, 4.69) is 10.4 Å². The van der Waals surface area contributed by atoms with Crippen molar-refractivity contribution in [2.75, 3.05) is 4.90 Å². The van der Waals surface area contributed by atoms with Gasteiger partial charge in [0.1, 0.15) is 28.0 Å². The fourth-order valence-electron chi connectivity index (χ4n) is 3.84. The van der Waals surface area contributed by atoms with Gasteiger partial charge in [-0.25, -0.2) is 0 Å². The van der Waals surface area contributed by atoms with Crippen LogP contribution in [0, 0.1) is 0 Å². The Bertz CT molecular complexity index is 1590. The third-order valence-electron chi connectivity index (χ3n) is 5.76. The molecule has 0 radical (unpaired) electrons. The molecule has 8 nitrogen and oxygen atoms in total. The lowest BCUT2D eigenvalue weighted by Crippen LogP contribution is -2.54. The fourth-order valence-corrected chi connectivity index (χ4v) is 5.17. The molecule has 2 heterocycles. The van der Waals surface area contributed by atoms with Crippen molar-refractivity contribution in [2.24, 2.45) is 7.05 Å². The quantitative estimate of drug-likeness (QED) is 0.126. The normalized spacial score (nSPS) is 14.6. The molecule has 0 atom stereocenters. The van der Waals surface area contributed by atoms with Crippen molar-refractivity contribution in [1.29, 1.82) is 0 Å². The summed E-state index contributed by atoms with van der Waals surface area (Å²) in [4.78, 5) is 28.6. The lowest BCUT2D eigenvalue weighted by atomic mass is 10.1. The molecule has 1 aliphatic rings. The monoisotopic (exact) mass is 576 g/mol. The largest absolute Gasteiger partial charge is 0.508 e. The maximum atomic E-state index is 13.5. The van der Waals surface area contributed by atoms with Gasteiger partial charge in [0.2, 0.25) is 0 Å². The van der Waals surface area contributed by atoms with Gasteiger partial charge in [-0.3, -0.25) is 24.5 Å². The Morgan fingerprint density at radius 1 is 1.03 bits per heavy atom. The zero-order valence-corrected chi connectivity index (χ0v) is 22.9. The van der Waals surface area contributed by atoms with Crippen LogP contribution in [0.25, 0.3) is 6.08 Å². The van der Waals surface area contributed by atoms with Crippen LogP contribution in [0.15, 0.2) is 89.3 Å². The molecule has 0 saturated carbocycles. The molecule has 3 aromatic carbocycles. The molecule has 1 aromatic heterocycles. The maximum Gasteiger partial charge on any atom is 0.270 e. The number of carbonyl (C=O) groups is 2. The summed E-state index contributed by atoms with van der Waals surface area (Å²) in [5.74, 6) is 0.650. The van der Waals surface area contributed by atoms with E-state index in [9.17, 15) is 14.7 Å². The van der Waals surface area contributed by atoms with Crippen molar-refractivity contribution >= 4 is 64.3 Å². The third kappa shape index (κ3) is 5.83. The van der Waals surface area contributed by atoms with Crippen molar-refractivity contribution in [2.45, 2.75) is 10.6 Å². The molecule has 11 heteroatoms. The van der Waals surface area contributed by atoms with E-state index in [4.69, 9.17) is 28.6 Å². The Morgan fingerprint density at radius 2 is 1.69 bits per heavy atom. The zero-order valence-electron chi connectivity index (χ0n) is 20.5. The number of amides is 2. The number of aryl methyl sites for hydroxylation is 1. The molecule has 2 amide bonds. The average molecular weight is 577 g/mol. The summed E-state index contributed by atoms with van der Waals surface area (Å²) in [6.07, 6.45) is 1.45. The minimum Gasteiger partial charge on any atom is -0.508 e. The molecule has 0 bridgehead atoms. The number of hydrogen-bond acceptors (Lipinski definition) is 7. The summed E-state index contributed by atoms with van der Waals surface area (Å²) < 4.78 is 7.31. The summed E-state index contributed by atoms with van der Waals surface area (Å²) in [5.41, 5.74) is 1.40. The zero-order chi connectivity index (χ0) is 27.5. The number of anilines is 1. The Balaban J connectivity index is 1.40. The number of nitrogens with one attached hydrogen (secondary N) is 1. The number of ether oxygens (including phenoxy) is 1. The third-order valence-corrected chi connectivity index (χ3v) is 7.52. The van der Waals surface area contributed by atoms with Gasteiger partial charge in [-0.15, -0.1) is 11.8 Å². The van der Waals surface area contributed by atoms with Gasteiger partial charge in [0.25, 0.3) is 11.8 Å². The number of benzene rings is 3. The van der Waals surface area contributed by atoms with E-state index in [1.54, 1.807) is 55.6 Å². The van der Waals surface area contributed by atoms with Crippen LogP contribution in [0.2, 0.25) is 5.15 Å². The first-order chi connectivity index (χ1) is 18.8. The highest BCUT2D eigenvalue weighted by Gasteiger charge is 2.35. The maximum absolute atomic E-state index is 13.5. The minimum absolute atomic E-state index is 0.0285. The number of thioether (sulfide) groups is 1. The number of thiocarbonyl (C=S) groups is 1. The van der Waals surface area contributed by atoms with E-state index in [-0.39, 0.29) is 21.6 Å². The van der Waals surface area contributed by atoms with Gasteiger partial charge in [0, 0.05) is 23.3 Å². The van der Waals surface area contributed by atoms with Gasteiger partial charge in [-0.05, 0) is 79.0 Å². The number of hydrogen-bond donors (Lipinski definition) is 2. The van der Waals surface area contributed by atoms with E-state index in [1.165, 1.54) is 27.4 Å². The van der Waals surface area contributed by atoms with Crippen LogP contribution in [-0.4, -0.2) is 31.8 Å². The SMILES string of the molecule is Cn1nc(CSc2ccc(O)cc2)c(/C=C2\C(=O)NC(=S)N(c3ccc(Oc4ccccc4)cc3)C2=O)c1Cl. The van der Waals surface area contributed by atoms with Crippen LogP contribution in [0.1, 0.15) is 11.3 Å². The Morgan fingerprint density at radius 3 is 2.38 bits per heavy atom. The smallest absolute Gasteiger partial charge is 0.270 e. The first-order valence-corrected chi connectivity index (χ1v) is 13.4. The first-order valence-electron chi connectivity index (χ1n) is 11.7. The van der Waals surface area contributed by atoms with E-state index in [0.29, 0.717) is 34.2 Å². The van der Waals surface area contributed by atoms with E-state index >= 15 is 0 Å². The van der Waals surface area contributed by atoms with Crippen molar-refractivity contribution < 1.29 is 19.4 Å². The molecular weight excluding hydrogens is 556 g/mol. The highest BCUT2D eigenvalue weighted by Crippen LogP contribution is 2.31. The number of aromatic nitrogens is 2.